The Morgan fingerprint density at radius 1 is 1.17 bits per heavy atom. The summed E-state index contributed by atoms with van der Waals surface area (Å²) in [5, 5.41) is 9.23. The molecule has 3 rings (SSSR count). The van der Waals surface area contributed by atoms with Gasteiger partial charge >= 0.3 is 0 Å². The van der Waals surface area contributed by atoms with Gasteiger partial charge in [-0.15, -0.1) is 0 Å². The van der Waals surface area contributed by atoms with Crippen LogP contribution in [-0.4, -0.2) is 34.0 Å². The molecule has 1 aromatic carbocycles. The van der Waals surface area contributed by atoms with E-state index in [4.69, 9.17) is 0 Å². The summed E-state index contributed by atoms with van der Waals surface area (Å²) in [6.07, 6.45) is 6.92. The molecule has 0 radical (unpaired) electrons. The second kappa shape index (κ2) is 8.06. The highest BCUT2D eigenvalue weighted by Crippen LogP contribution is 2.22. The molecule has 4 nitrogen and oxygen atoms in total. The number of aliphatic hydroxyl groups is 1. The molecule has 1 aliphatic rings. The molecule has 1 atom stereocenters. The van der Waals surface area contributed by atoms with Crippen LogP contribution in [-0.2, 0) is 24.2 Å². The molecule has 0 aliphatic carbocycles. The van der Waals surface area contributed by atoms with Crippen molar-refractivity contribution in [2.24, 2.45) is 5.92 Å². The third-order valence-electron chi connectivity index (χ3n) is 4.71. The molecule has 126 valence electrons. The highest BCUT2D eigenvalue weighted by molar-refractivity contribution is 5.76. The average molecular weight is 324 g/mol. The maximum atomic E-state index is 12.4. The summed E-state index contributed by atoms with van der Waals surface area (Å²) in [4.78, 5) is 18.4. The van der Waals surface area contributed by atoms with Gasteiger partial charge in [-0.2, -0.15) is 0 Å². The fourth-order valence-electron chi connectivity index (χ4n) is 3.37. The van der Waals surface area contributed by atoms with Gasteiger partial charge in [0.05, 0.1) is 6.61 Å². The molecule has 1 aliphatic heterocycles. The van der Waals surface area contributed by atoms with Crippen molar-refractivity contribution in [2.45, 2.75) is 32.3 Å². The second-order valence-electron chi connectivity index (χ2n) is 6.53. The smallest absolute Gasteiger partial charge is 0.222 e. The van der Waals surface area contributed by atoms with Crippen molar-refractivity contribution >= 4 is 5.91 Å². The summed E-state index contributed by atoms with van der Waals surface area (Å²) in [5.74, 6) is 0.766. The number of aryl methyl sites for hydroxylation is 1. The third-order valence-corrected chi connectivity index (χ3v) is 4.71. The molecular weight excluding hydrogens is 300 g/mol. The van der Waals surface area contributed by atoms with E-state index in [0.29, 0.717) is 12.3 Å². The lowest BCUT2D eigenvalue weighted by Gasteiger charge is -2.17. The minimum absolute atomic E-state index is 0.0815. The van der Waals surface area contributed by atoms with Gasteiger partial charge in [0.2, 0.25) is 5.91 Å². The fraction of sp³-hybridized carbons (Fsp3) is 0.400. The van der Waals surface area contributed by atoms with Gasteiger partial charge in [0.15, 0.2) is 0 Å². The van der Waals surface area contributed by atoms with Crippen LogP contribution < -0.4 is 0 Å². The van der Waals surface area contributed by atoms with E-state index in [2.05, 4.69) is 17.1 Å². The maximum absolute atomic E-state index is 12.4. The molecule has 1 aromatic heterocycles. The van der Waals surface area contributed by atoms with Crippen LogP contribution in [0.4, 0.5) is 0 Å². The Morgan fingerprint density at radius 2 is 1.96 bits per heavy atom. The van der Waals surface area contributed by atoms with Crippen LogP contribution in [0.3, 0.4) is 0 Å². The molecule has 1 fully saturated rings. The lowest BCUT2D eigenvalue weighted by Crippen LogP contribution is -2.29. The van der Waals surface area contributed by atoms with Crippen LogP contribution in [0.15, 0.2) is 48.8 Å². The van der Waals surface area contributed by atoms with E-state index in [0.717, 1.165) is 43.5 Å². The minimum atomic E-state index is 0.0815. The second-order valence-corrected chi connectivity index (χ2v) is 6.53. The monoisotopic (exact) mass is 324 g/mol. The number of benzene rings is 1. The van der Waals surface area contributed by atoms with Crippen molar-refractivity contribution in [3.63, 3.8) is 0 Å². The van der Waals surface area contributed by atoms with Gasteiger partial charge in [-0.1, -0.05) is 24.3 Å². The van der Waals surface area contributed by atoms with E-state index >= 15 is 0 Å². The zero-order chi connectivity index (χ0) is 16.8. The van der Waals surface area contributed by atoms with Gasteiger partial charge in [0.1, 0.15) is 0 Å². The molecule has 2 heterocycles. The lowest BCUT2D eigenvalue weighted by atomic mass is 9.97. The number of carbonyl (C=O) groups is 1. The van der Waals surface area contributed by atoms with E-state index in [-0.39, 0.29) is 12.5 Å². The SMILES string of the molecule is O=C(CCc1ccncc1)N1CC[C@@H](Cc2cccc(CO)c2)C1. The Bertz CT molecular complexity index is 672. The van der Waals surface area contributed by atoms with Gasteiger partial charge in [-0.25, -0.2) is 0 Å². The summed E-state index contributed by atoms with van der Waals surface area (Å²) >= 11 is 0. The van der Waals surface area contributed by atoms with Crippen LogP contribution >= 0.6 is 0 Å². The molecule has 0 unspecified atom stereocenters. The molecule has 24 heavy (non-hydrogen) atoms. The summed E-state index contributed by atoms with van der Waals surface area (Å²) in [5.41, 5.74) is 3.36. The van der Waals surface area contributed by atoms with Crippen molar-refractivity contribution in [3.8, 4) is 0 Å². The first kappa shape index (κ1) is 16.7. The Kier molecular flexibility index (Phi) is 5.59. The van der Waals surface area contributed by atoms with E-state index in [1.807, 2.05) is 29.2 Å². The summed E-state index contributed by atoms with van der Waals surface area (Å²) in [7, 11) is 0. The summed E-state index contributed by atoms with van der Waals surface area (Å²) in [6.45, 7) is 1.79. The van der Waals surface area contributed by atoms with E-state index in [9.17, 15) is 9.90 Å². The molecule has 0 bridgehead atoms. The highest BCUT2D eigenvalue weighted by atomic mass is 16.3. The first-order valence-electron chi connectivity index (χ1n) is 8.60. The molecule has 1 amide bonds. The molecule has 1 saturated heterocycles. The quantitative estimate of drug-likeness (QED) is 0.888. The highest BCUT2D eigenvalue weighted by Gasteiger charge is 2.25. The van der Waals surface area contributed by atoms with Crippen molar-refractivity contribution in [1.82, 2.24) is 9.88 Å². The largest absolute Gasteiger partial charge is 0.392 e. The number of hydrogen-bond acceptors (Lipinski definition) is 3. The maximum Gasteiger partial charge on any atom is 0.222 e. The number of nitrogens with zero attached hydrogens (tertiary/aromatic N) is 2. The first-order chi connectivity index (χ1) is 11.7. The number of aromatic nitrogens is 1. The Balaban J connectivity index is 1.48. The van der Waals surface area contributed by atoms with Crippen molar-refractivity contribution in [1.29, 1.82) is 0 Å². The topological polar surface area (TPSA) is 53.4 Å². The normalized spacial score (nSPS) is 17.2. The number of hydrogen-bond donors (Lipinski definition) is 1. The molecule has 2 aromatic rings. The standard InChI is InChI=1S/C20H24N2O2/c23-15-19-3-1-2-17(13-19)12-18-8-11-22(14-18)20(24)5-4-16-6-9-21-10-7-16/h1-3,6-7,9-10,13,18,23H,4-5,8,11-12,14-15H2/t18-/m0/s1. The lowest BCUT2D eigenvalue weighted by molar-refractivity contribution is -0.130. The Hall–Kier alpha value is -2.20. The van der Waals surface area contributed by atoms with Crippen LogP contribution in [0.5, 0.6) is 0 Å². The van der Waals surface area contributed by atoms with E-state index in [1.54, 1.807) is 12.4 Å². The number of carbonyl (C=O) groups excluding carboxylic acids is 1. The predicted molar refractivity (Wildman–Crippen MR) is 93.3 cm³/mol. The zero-order valence-corrected chi connectivity index (χ0v) is 13.9. The molecule has 0 saturated carbocycles. The number of pyridine rings is 1. The minimum Gasteiger partial charge on any atom is -0.392 e. The Morgan fingerprint density at radius 3 is 2.75 bits per heavy atom. The van der Waals surface area contributed by atoms with Crippen molar-refractivity contribution in [2.75, 3.05) is 13.1 Å². The van der Waals surface area contributed by atoms with Gasteiger partial charge in [0.25, 0.3) is 0 Å². The number of aliphatic hydroxyl groups excluding tert-OH is 1. The molecule has 4 heteroatoms. The number of likely N-dealkylation sites (tertiary alicyclic amines) is 1. The Labute approximate surface area is 143 Å². The van der Waals surface area contributed by atoms with Crippen molar-refractivity contribution < 1.29 is 9.90 Å². The van der Waals surface area contributed by atoms with Crippen LogP contribution in [0.1, 0.15) is 29.5 Å². The third kappa shape index (κ3) is 4.42. The number of rotatable bonds is 6. The van der Waals surface area contributed by atoms with Crippen LogP contribution in [0.2, 0.25) is 0 Å². The van der Waals surface area contributed by atoms with Crippen LogP contribution in [0, 0.1) is 5.92 Å². The van der Waals surface area contributed by atoms with Gasteiger partial charge in [0, 0.05) is 31.9 Å². The van der Waals surface area contributed by atoms with Crippen LogP contribution in [0.25, 0.3) is 0 Å². The van der Waals surface area contributed by atoms with Gasteiger partial charge in [-0.3, -0.25) is 9.78 Å². The molecular formula is C20H24N2O2. The van der Waals surface area contributed by atoms with E-state index in [1.165, 1.54) is 5.56 Å². The molecule has 0 spiro atoms. The average Bonchev–Trinajstić information content (AvgIpc) is 3.09. The predicted octanol–water partition coefficient (Wildman–Crippen LogP) is 2.60. The fourth-order valence-corrected chi connectivity index (χ4v) is 3.37. The summed E-state index contributed by atoms with van der Waals surface area (Å²) < 4.78 is 0. The van der Waals surface area contributed by atoms with Gasteiger partial charge in [-0.05, 0) is 54.0 Å². The first-order valence-corrected chi connectivity index (χ1v) is 8.60. The van der Waals surface area contributed by atoms with Gasteiger partial charge < -0.3 is 10.0 Å². The molecule has 1 N–H and O–H groups in total. The zero-order valence-electron chi connectivity index (χ0n) is 13.9. The number of amides is 1. The van der Waals surface area contributed by atoms with E-state index < -0.39 is 0 Å². The van der Waals surface area contributed by atoms with Crippen molar-refractivity contribution in [3.05, 3.63) is 65.5 Å². The summed E-state index contributed by atoms with van der Waals surface area (Å²) in [6, 6.07) is 12.0.